The van der Waals surface area contributed by atoms with Gasteiger partial charge >= 0.3 is 0 Å². The summed E-state index contributed by atoms with van der Waals surface area (Å²) in [6, 6.07) is 10.7. The number of pyridine rings is 2. The van der Waals surface area contributed by atoms with Crippen molar-refractivity contribution in [2.24, 2.45) is 5.11 Å². The van der Waals surface area contributed by atoms with Gasteiger partial charge in [-0.1, -0.05) is 12.1 Å². The normalized spacial score (nSPS) is 10.8. The third-order valence-corrected chi connectivity index (χ3v) is 2.71. The van der Waals surface area contributed by atoms with Crippen LogP contribution in [0, 0.1) is 5.21 Å². The standard InChI is InChI=1S/C12H9N5O.C2H6N2O/c18-17-11(9-5-1-3-7-13-9)15-16-12(17)10-6-2-4-8-14-10;1-3-4(2)5/h1-8,18H;1-2H3. The smallest absolute Gasteiger partial charge is 0.218 e. The van der Waals surface area contributed by atoms with Gasteiger partial charge in [0.2, 0.25) is 11.6 Å². The summed E-state index contributed by atoms with van der Waals surface area (Å²) in [6.45, 7) is 0. The monoisotopic (exact) mass is 313 g/mol. The number of rotatable bonds is 2. The van der Waals surface area contributed by atoms with Crippen LogP contribution in [0.5, 0.6) is 0 Å². The summed E-state index contributed by atoms with van der Waals surface area (Å²) in [5.74, 6) is 0.576. The average Bonchev–Trinajstić information content (AvgIpc) is 2.98. The van der Waals surface area contributed by atoms with Crippen molar-refractivity contribution in [3.8, 4) is 23.0 Å². The van der Waals surface area contributed by atoms with Crippen LogP contribution in [0.3, 0.4) is 0 Å². The van der Waals surface area contributed by atoms with E-state index in [1.165, 1.54) is 14.1 Å². The van der Waals surface area contributed by atoms with E-state index in [0.29, 0.717) is 16.2 Å². The second-order valence-corrected chi connectivity index (χ2v) is 4.25. The molecular weight excluding hydrogens is 298 g/mol. The van der Waals surface area contributed by atoms with Crippen LogP contribution in [-0.4, -0.2) is 49.1 Å². The second-order valence-electron chi connectivity index (χ2n) is 4.25. The molecule has 9 heteroatoms. The summed E-state index contributed by atoms with van der Waals surface area (Å²) in [4.78, 5) is 8.73. The van der Waals surface area contributed by atoms with E-state index < -0.39 is 0 Å². The van der Waals surface area contributed by atoms with Gasteiger partial charge in [-0.25, -0.2) is 0 Å². The Bertz CT molecular complexity index is 711. The molecule has 3 aromatic rings. The minimum absolute atomic E-state index is 0.288. The molecule has 0 saturated carbocycles. The molecule has 0 atom stereocenters. The molecule has 3 rings (SSSR count). The van der Waals surface area contributed by atoms with Crippen LogP contribution in [-0.2, 0) is 0 Å². The Morgan fingerprint density at radius 3 is 1.74 bits per heavy atom. The molecule has 1 N–H and O–H groups in total. The van der Waals surface area contributed by atoms with E-state index in [1.807, 2.05) is 12.1 Å². The lowest BCUT2D eigenvalue weighted by atomic mass is 10.3. The Kier molecular flexibility index (Phi) is 5.29. The fourth-order valence-corrected chi connectivity index (χ4v) is 1.59. The van der Waals surface area contributed by atoms with Crippen molar-refractivity contribution in [2.75, 3.05) is 14.1 Å². The highest BCUT2D eigenvalue weighted by atomic mass is 16.5. The fourth-order valence-electron chi connectivity index (χ4n) is 1.59. The molecule has 23 heavy (non-hydrogen) atoms. The zero-order valence-electron chi connectivity index (χ0n) is 12.6. The maximum absolute atomic E-state index is 10.0. The predicted octanol–water partition coefficient (Wildman–Crippen LogP) is 1.85. The number of azo groups is 1. The molecule has 0 aliphatic heterocycles. The lowest BCUT2D eigenvalue weighted by Gasteiger charge is -2.00. The van der Waals surface area contributed by atoms with E-state index in [1.54, 1.807) is 36.7 Å². The molecule has 0 spiro atoms. The van der Waals surface area contributed by atoms with Crippen molar-refractivity contribution in [1.29, 1.82) is 0 Å². The van der Waals surface area contributed by atoms with E-state index >= 15 is 0 Å². The Balaban J connectivity index is 0.000000338. The summed E-state index contributed by atoms with van der Waals surface area (Å²) in [5.41, 5.74) is 1.10. The first kappa shape index (κ1) is 16.0. The molecule has 3 heterocycles. The van der Waals surface area contributed by atoms with Gasteiger partial charge in [-0.05, 0) is 29.4 Å². The summed E-state index contributed by atoms with van der Waals surface area (Å²) in [5, 5.41) is 30.6. The highest BCUT2D eigenvalue weighted by Gasteiger charge is 2.15. The minimum atomic E-state index is 0.288. The number of nitrogens with zero attached hydrogens (tertiary/aromatic N) is 7. The molecule has 0 saturated heterocycles. The van der Waals surface area contributed by atoms with Gasteiger partial charge in [0.05, 0.1) is 7.05 Å². The molecule has 0 unspecified atom stereocenters. The van der Waals surface area contributed by atoms with Crippen LogP contribution in [0.1, 0.15) is 0 Å². The molecule has 3 aromatic heterocycles. The Labute approximate surface area is 132 Å². The van der Waals surface area contributed by atoms with E-state index in [9.17, 15) is 10.4 Å². The molecule has 0 aliphatic carbocycles. The third-order valence-electron chi connectivity index (χ3n) is 2.71. The van der Waals surface area contributed by atoms with Crippen molar-refractivity contribution < 1.29 is 10.1 Å². The summed E-state index contributed by atoms with van der Waals surface area (Å²) in [6.07, 6.45) is 3.26. The lowest BCUT2D eigenvalue weighted by molar-refractivity contribution is -0.497. The molecule has 0 fully saturated rings. The van der Waals surface area contributed by atoms with Crippen LogP contribution >= 0.6 is 0 Å². The van der Waals surface area contributed by atoms with E-state index in [4.69, 9.17) is 0 Å². The molecule has 9 nitrogen and oxygen atoms in total. The SMILES string of the molecule is CN=[N+](C)[O-].On1c(-c2ccccn2)nnc1-c1ccccn1. The number of aromatic nitrogens is 5. The predicted molar refractivity (Wildman–Crippen MR) is 81.6 cm³/mol. The van der Waals surface area contributed by atoms with Gasteiger partial charge in [-0.3, -0.25) is 9.97 Å². The van der Waals surface area contributed by atoms with E-state index in [0.717, 1.165) is 4.73 Å². The van der Waals surface area contributed by atoms with Gasteiger partial charge in [-0.2, -0.15) is 0 Å². The van der Waals surface area contributed by atoms with Crippen LogP contribution in [0.2, 0.25) is 0 Å². The van der Waals surface area contributed by atoms with E-state index in [-0.39, 0.29) is 11.6 Å². The van der Waals surface area contributed by atoms with Crippen molar-refractivity contribution in [3.63, 3.8) is 0 Å². The van der Waals surface area contributed by atoms with Crippen LogP contribution in [0.25, 0.3) is 23.0 Å². The van der Waals surface area contributed by atoms with Crippen molar-refractivity contribution in [3.05, 3.63) is 54.0 Å². The van der Waals surface area contributed by atoms with Gasteiger partial charge < -0.3 is 10.4 Å². The molecule has 0 radical (unpaired) electrons. The molecule has 0 aliphatic rings. The Morgan fingerprint density at radius 2 is 1.43 bits per heavy atom. The van der Waals surface area contributed by atoms with Gasteiger partial charge in [0.1, 0.15) is 11.4 Å². The zero-order chi connectivity index (χ0) is 16.7. The summed E-state index contributed by atoms with van der Waals surface area (Å²) < 4.78 is 0.894. The maximum Gasteiger partial charge on any atom is 0.218 e. The molecule has 118 valence electrons. The molecule has 0 bridgehead atoms. The summed E-state index contributed by atoms with van der Waals surface area (Å²) >= 11 is 0. The number of hydrogen-bond donors (Lipinski definition) is 1. The van der Waals surface area contributed by atoms with Gasteiger partial charge in [0, 0.05) is 12.4 Å². The molecule has 0 amide bonds. The average molecular weight is 313 g/mol. The van der Waals surface area contributed by atoms with Gasteiger partial charge in [0.15, 0.2) is 7.05 Å². The third kappa shape index (κ3) is 4.06. The largest absolute Gasteiger partial charge is 0.600 e. The van der Waals surface area contributed by atoms with Crippen LogP contribution < -0.4 is 0 Å². The van der Waals surface area contributed by atoms with E-state index in [2.05, 4.69) is 25.3 Å². The fraction of sp³-hybridized carbons (Fsp3) is 0.143. The Hall–Kier alpha value is -3.36. The van der Waals surface area contributed by atoms with Crippen LogP contribution in [0.4, 0.5) is 0 Å². The summed E-state index contributed by atoms with van der Waals surface area (Å²) in [7, 11) is 2.77. The quantitative estimate of drug-likeness (QED) is 0.334. The van der Waals surface area contributed by atoms with Crippen molar-refractivity contribution >= 4 is 0 Å². The van der Waals surface area contributed by atoms with Crippen LogP contribution in [0.15, 0.2) is 53.9 Å². The highest BCUT2D eigenvalue weighted by Crippen LogP contribution is 2.19. The number of hydrogen-bond acceptors (Lipinski definition) is 7. The first-order valence-electron chi connectivity index (χ1n) is 6.61. The lowest BCUT2D eigenvalue weighted by Crippen LogP contribution is -1.99. The maximum atomic E-state index is 10.0. The first-order valence-corrected chi connectivity index (χ1v) is 6.61. The minimum Gasteiger partial charge on any atom is -0.600 e. The highest BCUT2D eigenvalue weighted by molar-refractivity contribution is 5.56. The van der Waals surface area contributed by atoms with Crippen molar-refractivity contribution in [2.45, 2.75) is 0 Å². The topological polar surface area (TPSA) is 115 Å². The zero-order valence-corrected chi connectivity index (χ0v) is 12.6. The Morgan fingerprint density at radius 1 is 1.00 bits per heavy atom. The first-order chi connectivity index (χ1) is 11.1. The number of hydroxylamine groups is 1. The second kappa shape index (κ2) is 7.59. The van der Waals surface area contributed by atoms with Gasteiger partial charge in [-0.15, -0.1) is 19.8 Å². The van der Waals surface area contributed by atoms with Crippen molar-refractivity contribution in [1.82, 2.24) is 24.9 Å². The molecule has 0 aromatic carbocycles. The molecular formula is C14H15N7O2. The van der Waals surface area contributed by atoms with Gasteiger partial charge in [0.25, 0.3) is 0 Å².